The Morgan fingerprint density at radius 2 is 2.15 bits per heavy atom. The first-order valence-corrected chi connectivity index (χ1v) is 5.93. The first-order valence-electron chi connectivity index (χ1n) is 5.93. The molecule has 2 aromatic rings. The summed E-state index contributed by atoms with van der Waals surface area (Å²) in [5.74, 6) is 1.03. The Kier molecular flexibility index (Phi) is 8.73. The summed E-state index contributed by atoms with van der Waals surface area (Å²) in [6.45, 7) is 1.86. The van der Waals surface area contributed by atoms with Crippen molar-refractivity contribution in [2.75, 3.05) is 6.54 Å². The van der Waals surface area contributed by atoms with Gasteiger partial charge in [-0.05, 0) is 31.0 Å². The molecule has 20 heavy (non-hydrogen) atoms. The highest BCUT2D eigenvalue weighted by Crippen LogP contribution is 2.21. The Bertz CT molecular complexity index is 485. The minimum atomic E-state index is 0. The van der Waals surface area contributed by atoms with Crippen molar-refractivity contribution in [3.05, 3.63) is 42.2 Å². The third-order valence-corrected chi connectivity index (χ3v) is 3.09. The van der Waals surface area contributed by atoms with Crippen LogP contribution in [0.1, 0.15) is 30.3 Å². The molecule has 1 aliphatic heterocycles. The molecule has 112 valence electrons. The second-order valence-electron chi connectivity index (χ2n) is 4.33. The van der Waals surface area contributed by atoms with Gasteiger partial charge in [-0.15, -0.1) is 47.4 Å². The van der Waals surface area contributed by atoms with Gasteiger partial charge in [0, 0.05) is 12.4 Å². The van der Waals surface area contributed by atoms with E-state index in [4.69, 9.17) is 0 Å². The number of halogens is 3. The van der Waals surface area contributed by atoms with Gasteiger partial charge in [-0.2, -0.15) is 0 Å². The predicted molar refractivity (Wildman–Crippen MR) is 85.1 cm³/mol. The van der Waals surface area contributed by atoms with Gasteiger partial charge in [0.1, 0.15) is 12.2 Å². The summed E-state index contributed by atoms with van der Waals surface area (Å²) in [4.78, 5) is 4.12. The highest BCUT2D eigenvalue weighted by molar-refractivity contribution is 5.86. The average Bonchev–Trinajstić information content (AvgIpc) is 3.00. The number of hydrogen-bond donors (Lipinski definition) is 1. The maximum absolute atomic E-state index is 4.22. The number of nitrogens with one attached hydrogen (secondary N) is 1. The summed E-state index contributed by atoms with van der Waals surface area (Å²) in [7, 11) is 0. The van der Waals surface area contributed by atoms with Gasteiger partial charge in [0.15, 0.2) is 0 Å². The normalized spacial score (nSPS) is 16.7. The van der Waals surface area contributed by atoms with Crippen LogP contribution in [-0.4, -0.2) is 26.3 Å². The van der Waals surface area contributed by atoms with Gasteiger partial charge < -0.3 is 9.88 Å². The van der Waals surface area contributed by atoms with Crippen LogP contribution in [0.25, 0.3) is 0 Å². The van der Waals surface area contributed by atoms with Gasteiger partial charge in [-0.25, -0.2) is 0 Å². The lowest BCUT2D eigenvalue weighted by molar-refractivity contribution is 0.563. The van der Waals surface area contributed by atoms with E-state index in [1.165, 1.54) is 12.0 Å². The molecule has 1 N–H and O–H groups in total. The molecule has 2 aromatic heterocycles. The number of aromatic nitrogens is 4. The largest absolute Gasteiger partial charge is 0.312 e. The number of nitrogens with zero attached hydrogens (tertiary/aromatic N) is 4. The molecule has 0 aromatic carbocycles. The number of pyridine rings is 1. The Morgan fingerprint density at radius 3 is 2.80 bits per heavy atom. The second kappa shape index (κ2) is 9.13. The zero-order valence-electron chi connectivity index (χ0n) is 10.8. The maximum Gasteiger partial charge on any atom is 0.150 e. The van der Waals surface area contributed by atoms with Crippen molar-refractivity contribution in [3.8, 4) is 0 Å². The molecular formula is C12H18Cl3N5. The summed E-state index contributed by atoms with van der Waals surface area (Å²) in [6, 6.07) is 4.38. The van der Waals surface area contributed by atoms with Crippen LogP contribution >= 0.6 is 37.2 Å². The lowest BCUT2D eigenvalue weighted by Crippen LogP contribution is -2.18. The van der Waals surface area contributed by atoms with Crippen molar-refractivity contribution in [3.63, 3.8) is 0 Å². The standard InChI is InChI=1S/C12H15N5.3ClH/c1-3-10(7-13-5-1)8-17-9-15-16-12(17)11-4-2-6-14-11;;;/h1,3,5,7,9,11,14H,2,4,6,8H2;3*1H. The summed E-state index contributed by atoms with van der Waals surface area (Å²) >= 11 is 0. The van der Waals surface area contributed by atoms with E-state index < -0.39 is 0 Å². The molecule has 8 heteroatoms. The molecule has 1 aliphatic rings. The van der Waals surface area contributed by atoms with E-state index >= 15 is 0 Å². The van der Waals surface area contributed by atoms with Gasteiger partial charge in [0.2, 0.25) is 0 Å². The monoisotopic (exact) mass is 337 g/mol. The minimum absolute atomic E-state index is 0. The summed E-state index contributed by atoms with van der Waals surface area (Å²) in [6.07, 6.45) is 7.82. The molecule has 1 fully saturated rings. The van der Waals surface area contributed by atoms with Crippen molar-refractivity contribution in [1.82, 2.24) is 25.1 Å². The summed E-state index contributed by atoms with van der Waals surface area (Å²) in [5, 5.41) is 11.7. The van der Waals surface area contributed by atoms with Crippen molar-refractivity contribution in [2.24, 2.45) is 0 Å². The lowest BCUT2D eigenvalue weighted by Gasteiger charge is -2.11. The Balaban J connectivity index is 0.00000120. The van der Waals surface area contributed by atoms with E-state index in [1.54, 1.807) is 12.5 Å². The van der Waals surface area contributed by atoms with E-state index in [0.717, 1.165) is 25.3 Å². The Labute approximate surface area is 136 Å². The minimum Gasteiger partial charge on any atom is -0.312 e. The zero-order valence-corrected chi connectivity index (χ0v) is 13.3. The highest BCUT2D eigenvalue weighted by Gasteiger charge is 2.21. The quantitative estimate of drug-likeness (QED) is 0.934. The van der Waals surface area contributed by atoms with Crippen molar-refractivity contribution in [2.45, 2.75) is 25.4 Å². The van der Waals surface area contributed by atoms with Crippen LogP contribution in [0.5, 0.6) is 0 Å². The summed E-state index contributed by atoms with van der Waals surface area (Å²) < 4.78 is 2.10. The molecule has 0 saturated carbocycles. The fourth-order valence-electron chi connectivity index (χ4n) is 2.25. The lowest BCUT2D eigenvalue weighted by atomic mass is 10.2. The second-order valence-corrected chi connectivity index (χ2v) is 4.33. The molecule has 3 rings (SSSR count). The molecule has 1 unspecified atom stereocenters. The van der Waals surface area contributed by atoms with Gasteiger partial charge in [-0.3, -0.25) is 4.98 Å². The predicted octanol–water partition coefficient (Wildman–Crippen LogP) is 2.41. The Hall–Kier alpha value is -0.880. The van der Waals surface area contributed by atoms with Gasteiger partial charge in [0.25, 0.3) is 0 Å². The first kappa shape index (κ1) is 19.1. The van der Waals surface area contributed by atoms with Crippen molar-refractivity contribution >= 4 is 37.2 Å². The molecule has 0 radical (unpaired) electrons. The van der Waals surface area contributed by atoms with Gasteiger partial charge >= 0.3 is 0 Å². The van der Waals surface area contributed by atoms with E-state index in [2.05, 4.69) is 31.1 Å². The third kappa shape index (κ3) is 4.31. The smallest absolute Gasteiger partial charge is 0.150 e. The van der Waals surface area contributed by atoms with Crippen LogP contribution in [0.15, 0.2) is 30.9 Å². The topological polar surface area (TPSA) is 55.6 Å². The maximum atomic E-state index is 4.22. The summed E-state index contributed by atoms with van der Waals surface area (Å²) in [5.41, 5.74) is 1.17. The molecular weight excluding hydrogens is 321 g/mol. The van der Waals surface area contributed by atoms with Crippen LogP contribution in [0.3, 0.4) is 0 Å². The highest BCUT2D eigenvalue weighted by atomic mass is 35.5. The molecule has 1 saturated heterocycles. The molecule has 1 atom stereocenters. The van der Waals surface area contributed by atoms with Gasteiger partial charge in [0.05, 0.1) is 12.6 Å². The number of rotatable bonds is 3. The Morgan fingerprint density at radius 1 is 1.30 bits per heavy atom. The third-order valence-electron chi connectivity index (χ3n) is 3.09. The van der Waals surface area contributed by atoms with Crippen molar-refractivity contribution in [1.29, 1.82) is 0 Å². The molecule has 5 nitrogen and oxygen atoms in total. The number of hydrogen-bond acceptors (Lipinski definition) is 4. The SMILES string of the molecule is Cl.Cl.Cl.c1cncc(Cn2cnnc2C2CCCN2)c1. The van der Waals surface area contributed by atoms with Crippen LogP contribution in [0, 0.1) is 0 Å². The van der Waals surface area contributed by atoms with E-state index in [0.29, 0.717) is 6.04 Å². The molecule has 0 bridgehead atoms. The molecule has 3 heterocycles. The van der Waals surface area contributed by atoms with Gasteiger partial charge in [-0.1, -0.05) is 6.07 Å². The zero-order chi connectivity index (χ0) is 11.5. The van der Waals surface area contributed by atoms with Crippen molar-refractivity contribution < 1.29 is 0 Å². The van der Waals surface area contributed by atoms with Crippen LogP contribution in [-0.2, 0) is 6.54 Å². The van der Waals surface area contributed by atoms with E-state index in [-0.39, 0.29) is 37.2 Å². The average molecular weight is 339 g/mol. The van der Waals surface area contributed by atoms with Crippen LogP contribution in [0.2, 0.25) is 0 Å². The van der Waals surface area contributed by atoms with Crippen LogP contribution < -0.4 is 5.32 Å². The molecule has 0 amide bonds. The fraction of sp³-hybridized carbons (Fsp3) is 0.417. The van der Waals surface area contributed by atoms with E-state index in [9.17, 15) is 0 Å². The van der Waals surface area contributed by atoms with E-state index in [1.807, 2.05) is 12.3 Å². The van der Waals surface area contributed by atoms with Crippen LogP contribution in [0.4, 0.5) is 0 Å². The molecule has 0 spiro atoms. The molecule has 0 aliphatic carbocycles. The first-order chi connectivity index (χ1) is 8.43. The fourth-order valence-corrected chi connectivity index (χ4v) is 2.25.